The molecule has 28 heavy (non-hydrogen) atoms. The van der Waals surface area contributed by atoms with E-state index in [2.05, 4.69) is 5.32 Å². The molecule has 0 spiro atoms. The molecule has 2 amide bonds. The van der Waals surface area contributed by atoms with Gasteiger partial charge in [-0.15, -0.1) is 0 Å². The van der Waals surface area contributed by atoms with E-state index in [4.69, 9.17) is 0 Å². The summed E-state index contributed by atoms with van der Waals surface area (Å²) in [4.78, 5) is 27.4. The highest BCUT2D eigenvalue weighted by molar-refractivity contribution is 5.88. The van der Waals surface area contributed by atoms with Gasteiger partial charge in [-0.05, 0) is 31.9 Å². The van der Waals surface area contributed by atoms with Crippen molar-refractivity contribution in [2.45, 2.75) is 58.7 Å². The molecule has 2 aromatic rings. The Morgan fingerprint density at radius 2 is 1.68 bits per heavy atom. The Balaban J connectivity index is 2.39. The van der Waals surface area contributed by atoms with Gasteiger partial charge in [-0.3, -0.25) is 9.59 Å². The Labute approximate surface area is 166 Å². The minimum atomic E-state index is -0.705. The SMILES string of the molecule is CCCC(=O)N(Cc1ccccc1F)C(Cc1ccccc1)C(=O)NC(C)C. The fraction of sp³-hybridized carbons (Fsp3) is 0.391. The third-order valence-electron chi connectivity index (χ3n) is 4.46. The van der Waals surface area contributed by atoms with Gasteiger partial charge in [0.1, 0.15) is 11.9 Å². The summed E-state index contributed by atoms with van der Waals surface area (Å²) in [6, 6.07) is 15.2. The van der Waals surface area contributed by atoms with Crippen LogP contribution in [0.2, 0.25) is 0 Å². The number of benzene rings is 2. The van der Waals surface area contributed by atoms with Gasteiger partial charge in [0.15, 0.2) is 0 Å². The van der Waals surface area contributed by atoms with Crippen LogP contribution in [0.15, 0.2) is 54.6 Å². The first kappa shape index (κ1) is 21.6. The van der Waals surface area contributed by atoms with Crippen LogP contribution in [0.25, 0.3) is 0 Å². The molecular formula is C23H29FN2O2. The van der Waals surface area contributed by atoms with E-state index in [-0.39, 0.29) is 30.2 Å². The molecule has 0 radical (unpaired) electrons. The van der Waals surface area contributed by atoms with Gasteiger partial charge >= 0.3 is 0 Å². The maximum absolute atomic E-state index is 14.3. The van der Waals surface area contributed by atoms with E-state index in [1.165, 1.54) is 11.0 Å². The number of amides is 2. The van der Waals surface area contributed by atoms with Crippen molar-refractivity contribution in [3.8, 4) is 0 Å². The molecule has 5 heteroatoms. The van der Waals surface area contributed by atoms with Crippen LogP contribution in [-0.2, 0) is 22.6 Å². The molecule has 0 fully saturated rings. The Bertz CT molecular complexity index is 777. The van der Waals surface area contributed by atoms with Crippen molar-refractivity contribution >= 4 is 11.8 Å². The summed E-state index contributed by atoms with van der Waals surface area (Å²) in [5.41, 5.74) is 1.36. The number of nitrogens with zero attached hydrogens (tertiary/aromatic N) is 1. The Morgan fingerprint density at radius 3 is 2.29 bits per heavy atom. The zero-order valence-corrected chi connectivity index (χ0v) is 16.8. The van der Waals surface area contributed by atoms with Crippen molar-refractivity contribution in [3.05, 3.63) is 71.5 Å². The third-order valence-corrected chi connectivity index (χ3v) is 4.46. The molecule has 0 saturated heterocycles. The van der Waals surface area contributed by atoms with Gasteiger partial charge in [-0.1, -0.05) is 55.5 Å². The zero-order chi connectivity index (χ0) is 20.5. The smallest absolute Gasteiger partial charge is 0.243 e. The standard InChI is InChI=1S/C23H29FN2O2/c1-4-10-22(27)26(16-19-13-8-9-14-20(19)24)21(23(28)25-17(2)3)15-18-11-6-5-7-12-18/h5-9,11-14,17,21H,4,10,15-16H2,1-3H3,(H,25,28). The fourth-order valence-corrected chi connectivity index (χ4v) is 3.10. The lowest BCUT2D eigenvalue weighted by Gasteiger charge is -2.32. The quantitative estimate of drug-likeness (QED) is 0.708. The zero-order valence-electron chi connectivity index (χ0n) is 16.8. The second-order valence-corrected chi connectivity index (χ2v) is 7.23. The van der Waals surface area contributed by atoms with Gasteiger partial charge in [0.2, 0.25) is 11.8 Å². The maximum atomic E-state index is 14.3. The highest BCUT2D eigenvalue weighted by Crippen LogP contribution is 2.18. The number of carbonyl (C=O) groups is 2. The fourth-order valence-electron chi connectivity index (χ4n) is 3.10. The lowest BCUT2D eigenvalue weighted by Crippen LogP contribution is -2.51. The van der Waals surface area contributed by atoms with Crippen LogP contribution >= 0.6 is 0 Å². The average Bonchev–Trinajstić information content (AvgIpc) is 2.66. The molecule has 1 atom stereocenters. The number of hydrogen-bond donors (Lipinski definition) is 1. The van der Waals surface area contributed by atoms with Gasteiger partial charge in [0, 0.05) is 31.0 Å². The molecule has 4 nitrogen and oxygen atoms in total. The van der Waals surface area contributed by atoms with Crippen molar-refractivity contribution < 1.29 is 14.0 Å². The summed E-state index contributed by atoms with van der Waals surface area (Å²) in [6.45, 7) is 5.74. The van der Waals surface area contributed by atoms with Crippen LogP contribution in [0.1, 0.15) is 44.7 Å². The van der Waals surface area contributed by atoms with E-state index < -0.39 is 6.04 Å². The van der Waals surface area contributed by atoms with Crippen molar-refractivity contribution in [3.63, 3.8) is 0 Å². The highest BCUT2D eigenvalue weighted by Gasteiger charge is 2.30. The first-order valence-electron chi connectivity index (χ1n) is 9.79. The van der Waals surface area contributed by atoms with Crippen LogP contribution < -0.4 is 5.32 Å². The lowest BCUT2D eigenvalue weighted by molar-refractivity contribution is -0.141. The van der Waals surface area contributed by atoms with Gasteiger partial charge in [-0.2, -0.15) is 0 Å². The second kappa shape index (κ2) is 10.6. The molecule has 0 aliphatic rings. The second-order valence-electron chi connectivity index (χ2n) is 7.23. The van der Waals surface area contributed by atoms with Gasteiger partial charge in [0.05, 0.1) is 0 Å². The molecule has 1 N–H and O–H groups in total. The van der Waals surface area contributed by atoms with Gasteiger partial charge in [0.25, 0.3) is 0 Å². The van der Waals surface area contributed by atoms with Gasteiger partial charge < -0.3 is 10.2 Å². The first-order chi connectivity index (χ1) is 13.4. The van der Waals surface area contributed by atoms with E-state index in [9.17, 15) is 14.0 Å². The maximum Gasteiger partial charge on any atom is 0.243 e. The number of hydrogen-bond acceptors (Lipinski definition) is 2. The summed E-state index contributed by atoms with van der Waals surface area (Å²) < 4.78 is 14.3. The summed E-state index contributed by atoms with van der Waals surface area (Å²) in [6.07, 6.45) is 1.36. The monoisotopic (exact) mass is 384 g/mol. The van der Waals surface area contributed by atoms with E-state index in [0.29, 0.717) is 24.8 Å². The molecule has 0 aliphatic heterocycles. The van der Waals surface area contributed by atoms with E-state index in [0.717, 1.165) is 5.56 Å². The molecule has 0 heterocycles. The first-order valence-corrected chi connectivity index (χ1v) is 9.79. The predicted molar refractivity (Wildman–Crippen MR) is 109 cm³/mol. The molecule has 1 unspecified atom stereocenters. The Hall–Kier alpha value is -2.69. The molecule has 2 aromatic carbocycles. The number of carbonyl (C=O) groups excluding carboxylic acids is 2. The van der Waals surface area contributed by atoms with Crippen molar-refractivity contribution in [1.82, 2.24) is 10.2 Å². The highest BCUT2D eigenvalue weighted by atomic mass is 19.1. The Kier molecular flexibility index (Phi) is 8.18. The number of halogens is 1. The minimum absolute atomic E-state index is 0.0534. The number of rotatable bonds is 9. The topological polar surface area (TPSA) is 49.4 Å². The summed E-state index contributed by atoms with van der Waals surface area (Å²) >= 11 is 0. The van der Waals surface area contributed by atoms with Crippen LogP contribution in [0.4, 0.5) is 4.39 Å². The molecule has 2 rings (SSSR count). The van der Waals surface area contributed by atoms with Gasteiger partial charge in [-0.25, -0.2) is 4.39 Å². The third kappa shape index (κ3) is 6.19. The van der Waals surface area contributed by atoms with Crippen molar-refractivity contribution in [2.24, 2.45) is 0 Å². The van der Waals surface area contributed by atoms with Crippen LogP contribution in [0.3, 0.4) is 0 Å². The number of nitrogens with one attached hydrogen (secondary N) is 1. The summed E-state index contributed by atoms with van der Waals surface area (Å²) in [5, 5.41) is 2.91. The molecule has 0 bridgehead atoms. The van der Waals surface area contributed by atoms with Crippen LogP contribution in [0, 0.1) is 5.82 Å². The van der Waals surface area contributed by atoms with E-state index >= 15 is 0 Å². The van der Waals surface area contributed by atoms with E-state index in [1.807, 2.05) is 51.1 Å². The van der Waals surface area contributed by atoms with Crippen molar-refractivity contribution in [1.29, 1.82) is 0 Å². The molecule has 0 aromatic heterocycles. The summed E-state index contributed by atoms with van der Waals surface area (Å²) in [7, 11) is 0. The summed E-state index contributed by atoms with van der Waals surface area (Å²) in [5.74, 6) is -0.746. The largest absolute Gasteiger partial charge is 0.352 e. The average molecular weight is 384 g/mol. The molecule has 0 aliphatic carbocycles. The van der Waals surface area contributed by atoms with Crippen LogP contribution in [0.5, 0.6) is 0 Å². The Morgan fingerprint density at radius 1 is 1.04 bits per heavy atom. The van der Waals surface area contributed by atoms with Crippen molar-refractivity contribution in [2.75, 3.05) is 0 Å². The minimum Gasteiger partial charge on any atom is -0.352 e. The molecule has 150 valence electrons. The lowest BCUT2D eigenvalue weighted by atomic mass is 10.0. The molecular weight excluding hydrogens is 355 g/mol. The predicted octanol–water partition coefficient (Wildman–Crippen LogP) is 4.09. The molecule has 0 saturated carbocycles. The normalized spacial score (nSPS) is 11.9. The van der Waals surface area contributed by atoms with Crippen LogP contribution in [-0.4, -0.2) is 28.8 Å². The van der Waals surface area contributed by atoms with E-state index in [1.54, 1.807) is 18.2 Å².